The van der Waals surface area contributed by atoms with Crippen LogP contribution in [0.25, 0.3) is 5.57 Å². The van der Waals surface area contributed by atoms with Crippen LogP contribution >= 0.6 is 0 Å². The van der Waals surface area contributed by atoms with Crippen LogP contribution in [0.4, 0.5) is 18.9 Å². The lowest BCUT2D eigenvalue weighted by Crippen LogP contribution is -2.19. The Morgan fingerprint density at radius 1 is 1.50 bits per heavy atom. The van der Waals surface area contributed by atoms with Gasteiger partial charge in [-0.2, -0.15) is 13.2 Å². The van der Waals surface area contributed by atoms with E-state index in [0.29, 0.717) is 24.3 Å². The zero-order chi connectivity index (χ0) is 14.8. The lowest BCUT2D eigenvalue weighted by atomic mass is 10.0. The average Bonchev–Trinajstić information content (AvgIpc) is 2.42. The smallest absolute Gasteiger partial charge is 0.393 e. The van der Waals surface area contributed by atoms with Crippen LogP contribution < -0.4 is 10.6 Å². The Bertz CT molecular complexity index is 549. The molecule has 0 atom stereocenters. The second kappa shape index (κ2) is 5.52. The zero-order valence-electron chi connectivity index (χ0n) is 10.9. The lowest BCUT2D eigenvalue weighted by Gasteiger charge is -2.21. The minimum atomic E-state index is -4.51. The van der Waals surface area contributed by atoms with Crippen LogP contribution in [0.2, 0.25) is 0 Å². The average molecular weight is 284 g/mol. The van der Waals surface area contributed by atoms with Crippen LogP contribution in [0.1, 0.15) is 23.4 Å². The molecule has 4 nitrogen and oxygen atoms in total. The van der Waals surface area contributed by atoms with E-state index in [1.54, 1.807) is 7.05 Å². The molecule has 0 saturated carbocycles. The summed E-state index contributed by atoms with van der Waals surface area (Å²) in [6.45, 7) is 0.648. The maximum atomic E-state index is 13.2. The molecule has 108 valence electrons. The number of hydrogen-bond acceptors (Lipinski definition) is 4. The highest BCUT2D eigenvalue weighted by atomic mass is 19.4. The molecular formula is C13H15F3N4. The Morgan fingerprint density at radius 3 is 2.85 bits per heavy atom. The van der Waals surface area contributed by atoms with Gasteiger partial charge in [0.05, 0.1) is 22.6 Å². The van der Waals surface area contributed by atoms with Crippen molar-refractivity contribution in [3.05, 3.63) is 29.2 Å². The number of nitrogens with zero attached hydrogens (tertiary/aromatic N) is 1. The van der Waals surface area contributed by atoms with Crippen molar-refractivity contribution in [2.24, 2.45) is 0 Å². The van der Waals surface area contributed by atoms with Gasteiger partial charge >= 0.3 is 6.18 Å². The van der Waals surface area contributed by atoms with Crippen LogP contribution in [-0.4, -0.2) is 24.8 Å². The first kappa shape index (κ1) is 14.4. The maximum Gasteiger partial charge on any atom is 0.418 e. The van der Waals surface area contributed by atoms with Crippen molar-refractivity contribution in [1.82, 2.24) is 10.3 Å². The molecule has 0 fully saturated rings. The summed E-state index contributed by atoms with van der Waals surface area (Å²) in [5.41, 5.74) is 0.123. The molecule has 0 spiro atoms. The first-order chi connectivity index (χ1) is 9.47. The number of aryl methyl sites for hydroxylation is 1. The molecule has 0 aliphatic carbocycles. The van der Waals surface area contributed by atoms with Gasteiger partial charge in [0.25, 0.3) is 0 Å². The van der Waals surface area contributed by atoms with E-state index in [2.05, 4.69) is 15.6 Å². The molecule has 0 radical (unpaired) electrons. The molecule has 0 amide bonds. The van der Waals surface area contributed by atoms with Crippen LogP contribution in [-0.2, 0) is 12.6 Å². The first-order valence-electron chi connectivity index (χ1n) is 6.20. The number of fused-ring (bicyclic) bond motifs is 1. The maximum absolute atomic E-state index is 13.2. The van der Waals surface area contributed by atoms with Crippen molar-refractivity contribution in [2.45, 2.75) is 19.0 Å². The highest BCUT2D eigenvalue weighted by Crippen LogP contribution is 2.37. The molecule has 1 aromatic rings. The first-order valence-corrected chi connectivity index (χ1v) is 6.20. The minimum absolute atomic E-state index is 0.105. The molecule has 3 N–H and O–H groups in total. The summed E-state index contributed by atoms with van der Waals surface area (Å²) >= 11 is 0. The molecule has 0 unspecified atom stereocenters. The third-order valence-electron chi connectivity index (χ3n) is 3.04. The van der Waals surface area contributed by atoms with E-state index in [1.807, 2.05) is 0 Å². The number of rotatable bonds is 3. The molecule has 2 rings (SSSR count). The number of nitrogens with one attached hydrogen (secondary N) is 3. The van der Waals surface area contributed by atoms with Gasteiger partial charge in [-0.1, -0.05) is 0 Å². The van der Waals surface area contributed by atoms with E-state index in [9.17, 15) is 13.2 Å². The molecule has 1 aromatic heterocycles. The minimum Gasteiger partial charge on any atom is -0.393 e. The van der Waals surface area contributed by atoms with E-state index in [-0.39, 0.29) is 11.3 Å². The fourth-order valence-corrected chi connectivity index (χ4v) is 2.14. The van der Waals surface area contributed by atoms with E-state index in [4.69, 9.17) is 5.41 Å². The third-order valence-corrected chi connectivity index (χ3v) is 3.04. The van der Waals surface area contributed by atoms with Gasteiger partial charge in [-0.15, -0.1) is 0 Å². The van der Waals surface area contributed by atoms with Gasteiger partial charge in [-0.05, 0) is 18.9 Å². The number of hydrogen-bond donors (Lipinski definition) is 3. The highest BCUT2D eigenvalue weighted by Gasteiger charge is 2.36. The lowest BCUT2D eigenvalue weighted by molar-refractivity contribution is -0.138. The second-order valence-corrected chi connectivity index (χ2v) is 4.44. The summed E-state index contributed by atoms with van der Waals surface area (Å²) in [6.07, 6.45) is -0.824. The van der Waals surface area contributed by atoms with Gasteiger partial charge in [0.15, 0.2) is 0 Å². The van der Waals surface area contributed by atoms with Crippen molar-refractivity contribution in [3.63, 3.8) is 0 Å². The van der Waals surface area contributed by atoms with Crippen LogP contribution in [0.5, 0.6) is 0 Å². The third kappa shape index (κ3) is 2.76. The SMILES string of the molecule is CN/C=C(\C=N)c1nc2c(cc1C(F)(F)F)NCCC2. The number of alkyl halides is 3. The van der Waals surface area contributed by atoms with E-state index < -0.39 is 11.7 Å². The molecule has 1 aliphatic rings. The Morgan fingerprint density at radius 2 is 2.25 bits per heavy atom. The van der Waals surface area contributed by atoms with Gasteiger partial charge in [-0.25, -0.2) is 4.98 Å². The van der Waals surface area contributed by atoms with Crippen LogP contribution in [0, 0.1) is 5.41 Å². The summed E-state index contributed by atoms with van der Waals surface area (Å²) in [5, 5.41) is 12.9. The summed E-state index contributed by atoms with van der Waals surface area (Å²) in [7, 11) is 1.57. The molecule has 0 bridgehead atoms. The van der Waals surface area contributed by atoms with E-state index >= 15 is 0 Å². The van der Waals surface area contributed by atoms with Crippen LogP contribution in [0.15, 0.2) is 12.3 Å². The molecule has 0 saturated heterocycles. The fourth-order valence-electron chi connectivity index (χ4n) is 2.14. The number of halogens is 3. The molecule has 0 aromatic carbocycles. The number of aromatic nitrogens is 1. The fraction of sp³-hybridized carbons (Fsp3) is 0.385. The van der Waals surface area contributed by atoms with Gasteiger partial charge < -0.3 is 16.0 Å². The number of allylic oxidation sites excluding steroid dienone is 1. The predicted molar refractivity (Wildman–Crippen MR) is 71.9 cm³/mol. The van der Waals surface area contributed by atoms with Gasteiger partial charge in [0, 0.05) is 31.6 Å². The summed E-state index contributed by atoms with van der Waals surface area (Å²) in [5.74, 6) is 0. The van der Waals surface area contributed by atoms with Crippen LogP contribution in [0.3, 0.4) is 0 Å². The summed E-state index contributed by atoms with van der Waals surface area (Å²) in [6, 6.07) is 1.09. The Labute approximate surface area is 114 Å². The number of pyridine rings is 1. The predicted octanol–water partition coefficient (Wildman–Crippen LogP) is 2.67. The topological polar surface area (TPSA) is 60.8 Å². The van der Waals surface area contributed by atoms with Gasteiger partial charge in [0.2, 0.25) is 0 Å². The van der Waals surface area contributed by atoms with Crippen molar-refractivity contribution >= 4 is 17.5 Å². The molecule has 1 aliphatic heterocycles. The summed E-state index contributed by atoms with van der Waals surface area (Å²) < 4.78 is 39.5. The van der Waals surface area contributed by atoms with E-state index in [0.717, 1.165) is 18.7 Å². The zero-order valence-corrected chi connectivity index (χ0v) is 10.9. The molecule has 20 heavy (non-hydrogen) atoms. The quantitative estimate of drug-likeness (QED) is 0.748. The molecule has 7 heteroatoms. The highest BCUT2D eigenvalue weighted by molar-refractivity contribution is 6.08. The molecular weight excluding hydrogens is 269 g/mol. The largest absolute Gasteiger partial charge is 0.418 e. The Hall–Kier alpha value is -2.05. The standard InChI is InChI=1S/C13H15F3N4/c1-18-7-8(6-17)12-9(13(14,15)16)5-11-10(20-12)3-2-4-19-11/h5-7,17-19H,2-4H2,1H3/b8-7+,17-6?. The van der Waals surface area contributed by atoms with Crippen molar-refractivity contribution in [3.8, 4) is 0 Å². The van der Waals surface area contributed by atoms with Crippen molar-refractivity contribution < 1.29 is 13.2 Å². The van der Waals surface area contributed by atoms with Gasteiger partial charge in [-0.3, -0.25) is 0 Å². The summed E-state index contributed by atoms with van der Waals surface area (Å²) in [4.78, 5) is 4.13. The number of anilines is 1. The van der Waals surface area contributed by atoms with Crippen molar-refractivity contribution in [1.29, 1.82) is 5.41 Å². The Kier molecular flexibility index (Phi) is 3.96. The van der Waals surface area contributed by atoms with Gasteiger partial charge in [0.1, 0.15) is 0 Å². The molecule has 2 heterocycles. The van der Waals surface area contributed by atoms with Crippen molar-refractivity contribution in [2.75, 3.05) is 18.9 Å². The monoisotopic (exact) mass is 284 g/mol. The van der Waals surface area contributed by atoms with E-state index in [1.165, 1.54) is 6.20 Å². The second-order valence-electron chi connectivity index (χ2n) is 4.44. The Balaban J connectivity index is 2.64. The normalized spacial score (nSPS) is 15.3.